The highest BCUT2D eigenvalue weighted by molar-refractivity contribution is 5.83. The second-order valence-electron chi connectivity index (χ2n) is 9.08. The summed E-state index contributed by atoms with van der Waals surface area (Å²) in [6.07, 6.45) is 2.53. The number of hydrogen-bond donors (Lipinski definition) is 1. The predicted octanol–water partition coefficient (Wildman–Crippen LogP) is 3.89. The largest absolute Gasteiger partial charge is 0.468 e. The van der Waals surface area contributed by atoms with Crippen molar-refractivity contribution in [2.75, 3.05) is 46.3 Å². The van der Waals surface area contributed by atoms with Gasteiger partial charge in [-0.3, -0.25) is 9.47 Å². The minimum Gasteiger partial charge on any atom is -0.468 e. The Labute approximate surface area is 215 Å². The number of halogens is 1. The molecule has 1 saturated heterocycles. The molecule has 10 heteroatoms. The molecule has 0 spiro atoms. The Bertz CT molecular complexity index is 1370. The second-order valence-corrected chi connectivity index (χ2v) is 9.08. The molecule has 2 aromatic heterocycles. The maximum absolute atomic E-state index is 15.2. The normalized spacial score (nSPS) is 13.9. The van der Waals surface area contributed by atoms with Gasteiger partial charge in [-0.25, -0.2) is 4.39 Å². The molecule has 1 aliphatic rings. The molecule has 4 aromatic rings. The van der Waals surface area contributed by atoms with Crippen LogP contribution >= 0.6 is 0 Å². The van der Waals surface area contributed by atoms with Gasteiger partial charge in [-0.1, -0.05) is 36.4 Å². The molecule has 5 rings (SSSR count). The molecular weight excluding hydrogens is 475 g/mol. The van der Waals surface area contributed by atoms with Crippen molar-refractivity contribution in [2.24, 2.45) is 0 Å². The third-order valence-electron chi connectivity index (χ3n) is 6.51. The van der Waals surface area contributed by atoms with E-state index in [1.165, 1.54) is 31.6 Å². The van der Waals surface area contributed by atoms with E-state index >= 15 is 4.39 Å². The van der Waals surface area contributed by atoms with Crippen molar-refractivity contribution in [1.29, 1.82) is 0 Å². The number of likely N-dealkylation sites (tertiary alicyclic amines) is 1. The van der Waals surface area contributed by atoms with Crippen molar-refractivity contribution in [2.45, 2.75) is 25.9 Å². The lowest BCUT2D eigenvalue weighted by Gasteiger charge is -2.15. The molecule has 0 unspecified atom stereocenters. The van der Waals surface area contributed by atoms with Gasteiger partial charge >= 0.3 is 6.01 Å². The molecule has 3 heterocycles. The van der Waals surface area contributed by atoms with E-state index in [9.17, 15) is 0 Å². The molecule has 0 amide bonds. The minimum atomic E-state index is -0.300. The SMILES string of the molecule is COCCOc1nc(N)c2nc(OC)n(Cc3ccc(-c4ccc(CN5CCCC5)cc4)c(F)c3)c2n1. The van der Waals surface area contributed by atoms with Gasteiger partial charge in [0.15, 0.2) is 17.0 Å². The first kappa shape index (κ1) is 24.9. The van der Waals surface area contributed by atoms with Crippen LogP contribution in [0, 0.1) is 5.82 Å². The number of benzene rings is 2. The summed E-state index contributed by atoms with van der Waals surface area (Å²) in [5, 5.41) is 0. The van der Waals surface area contributed by atoms with E-state index in [1.807, 2.05) is 18.2 Å². The lowest BCUT2D eigenvalue weighted by Crippen LogP contribution is -2.18. The Morgan fingerprint density at radius 1 is 0.919 bits per heavy atom. The maximum atomic E-state index is 15.2. The van der Waals surface area contributed by atoms with Crippen LogP contribution < -0.4 is 15.2 Å². The fourth-order valence-corrected chi connectivity index (χ4v) is 4.62. The van der Waals surface area contributed by atoms with E-state index in [4.69, 9.17) is 19.9 Å². The zero-order valence-corrected chi connectivity index (χ0v) is 21.1. The zero-order valence-electron chi connectivity index (χ0n) is 21.1. The van der Waals surface area contributed by atoms with Crippen molar-refractivity contribution in [3.05, 3.63) is 59.4 Å². The number of aromatic nitrogens is 4. The average molecular weight is 507 g/mol. The number of anilines is 1. The molecule has 0 aliphatic carbocycles. The summed E-state index contributed by atoms with van der Waals surface area (Å²) in [5.41, 5.74) is 10.3. The first-order valence-corrected chi connectivity index (χ1v) is 12.4. The van der Waals surface area contributed by atoms with Crippen molar-refractivity contribution in [3.63, 3.8) is 0 Å². The third-order valence-corrected chi connectivity index (χ3v) is 6.51. The lowest BCUT2D eigenvalue weighted by atomic mass is 10.0. The van der Waals surface area contributed by atoms with Crippen LogP contribution in [-0.2, 0) is 17.8 Å². The molecule has 0 bridgehead atoms. The molecule has 2 aromatic carbocycles. The van der Waals surface area contributed by atoms with Crippen LogP contribution in [0.1, 0.15) is 24.0 Å². The quantitative estimate of drug-likeness (QED) is 0.323. The van der Waals surface area contributed by atoms with Gasteiger partial charge in [0.05, 0.1) is 20.3 Å². The van der Waals surface area contributed by atoms with E-state index in [0.29, 0.717) is 29.3 Å². The van der Waals surface area contributed by atoms with Gasteiger partial charge in [0.1, 0.15) is 12.4 Å². The van der Waals surface area contributed by atoms with Crippen LogP contribution in [0.15, 0.2) is 42.5 Å². The van der Waals surface area contributed by atoms with Crippen LogP contribution in [0.2, 0.25) is 0 Å². The summed E-state index contributed by atoms with van der Waals surface area (Å²) in [4.78, 5) is 15.5. The molecule has 0 atom stereocenters. The fraction of sp³-hybridized carbons (Fsp3) is 0.370. The van der Waals surface area contributed by atoms with Crippen LogP contribution in [0.3, 0.4) is 0 Å². The first-order valence-electron chi connectivity index (χ1n) is 12.4. The minimum absolute atomic E-state index is 0.112. The summed E-state index contributed by atoms with van der Waals surface area (Å²) >= 11 is 0. The smallest absolute Gasteiger partial charge is 0.320 e. The molecule has 9 nitrogen and oxygen atoms in total. The van der Waals surface area contributed by atoms with Crippen molar-refractivity contribution in [3.8, 4) is 23.1 Å². The van der Waals surface area contributed by atoms with Gasteiger partial charge < -0.3 is 19.9 Å². The number of nitrogens with zero attached hydrogens (tertiary/aromatic N) is 5. The van der Waals surface area contributed by atoms with Crippen LogP contribution in [0.4, 0.5) is 10.2 Å². The molecule has 1 aliphatic heterocycles. The second kappa shape index (κ2) is 11.1. The standard InChI is InChI=1S/C27H31FN6O3/c1-35-13-14-37-26-31-24(29)23-25(32-26)34(27(30-23)36-2)17-19-7-10-21(22(28)15-19)20-8-5-18(6-9-20)16-33-11-3-4-12-33/h5-10,15H,3-4,11-14,16-17H2,1-2H3,(H2,29,31,32). The van der Waals surface area contributed by atoms with E-state index in [0.717, 1.165) is 30.8 Å². The summed E-state index contributed by atoms with van der Waals surface area (Å²) in [6, 6.07) is 13.8. The molecule has 0 saturated carbocycles. The Morgan fingerprint density at radius 2 is 1.68 bits per heavy atom. The maximum Gasteiger partial charge on any atom is 0.320 e. The van der Waals surface area contributed by atoms with Gasteiger partial charge in [0.2, 0.25) is 0 Å². The summed E-state index contributed by atoms with van der Waals surface area (Å²) < 4.78 is 33.0. The topological polar surface area (TPSA) is 101 Å². The number of imidazole rings is 1. The fourth-order valence-electron chi connectivity index (χ4n) is 4.62. The summed E-state index contributed by atoms with van der Waals surface area (Å²) in [6.45, 7) is 4.18. The predicted molar refractivity (Wildman–Crippen MR) is 139 cm³/mol. The van der Waals surface area contributed by atoms with Crippen LogP contribution in [0.25, 0.3) is 22.3 Å². The monoisotopic (exact) mass is 506 g/mol. The number of ether oxygens (including phenoxy) is 3. The van der Waals surface area contributed by atoms with Gasteiger partial charge in [-0.05, 0) is 48.7 Å². The number of rotatable bonds is 10. The van der Waals surface area contributed by atoms with Crippen molar-refractivity contribution < 1.29 is 18.6 Å². The van der Waals surface area contributed by atoms with E-state index in [2.05, 4.69) is 32.0 Å². The van der Waals surface area contributed by atoms with E-state index in [-0.39, 0.29) is 30.8 Å². The van der Waals surface area contributed by atoms with Crippen molar-refractivity contribution in [1.82, 2.24) is 24.4 Å². The Balaban J connectivity index is 1.38. The van der Waals surface area contributed by atoms with Gasteiger partial charge in [0, 0.05) is 19.2 Å². The molecule has 1 fully saturated rings. The van der Waals surface area contributed by atoms with E-state index < -0.39 is 0 Å². The molecule has 37 heavy (non-hydrogen) atoms. The highest BCUT2D eigenvalue weighted by Gasteiger charge is 2.19. The number of nitrogen functional groups attached to an aromatic ring is 1. The Hall–Kier alpha value is -3.76. The highest BCUT2D eigenvalue weighted by atomic mass is 19.1. The highest BCUT2D eigenvalue weighted by Crippen LogP contribution is 2.29. The zero-order chi connectivity index (χ0) is 25.8. The first-order chi connectivity index (χ1) is 18.1. The average Bonchev–Trinajstić information content (AvgIpc) is 3.53. The third kappa shape index (κ3) is 5.50. The summed E-state index contributed by atoms with van der Waals surface area (Å²) in [5.74, 6) is -0.130. The molecule has 0 radical (unpaired) electrons. The lowest BCUT2D eigenvalue weighted by molar-refractivity contribution is 0.141. The van der Waals surface area contributed by atoms with Gasteiger partial charge in [0.25, 0.3) is 6.01 Å². The van der Waals surface area contributed by atoms with Gasteiger partial charge in [-0.2, -0.15) is 15.0 Å². The number of fused-ring (bicyclic) bond motifs is 1. The van der Waals surface area contributed by atoms with Crippen LogP contribution in [-0.4, -0.2) is 64.9 Å². The van der Waals surface area contributed by atoms with Crippen molar-refractivity contribution >= 4 is 17.0 Å². The molecule has 194 valence electrons. The Morgan fingerprint density at radius 3 is 2.38 bits per heavy atom. The summed E-state index contributed by atoms with van der Waals surface area (Å²) in [7, 11) is 3.09. The molecular formula is C27H31FN6O3. The van der Waals surface area contributed by atoms with E-state index in [1.54, 1.807) is 17.7 Å². The number of nitrogens with two attached hydrogens (primary N) is 1. The van der Waals surface area contributed by atoms with Crippen LogP contribution in [0.5, 0.6) is 12.0 Å². The molecule has 2 N–H and O–H groups in total. The number of methoxy groups -OCH3 is 2. The van der Waals surface area contributed by atoms with Gasteiger partial charge in [-0.15, -0.1) is 0 Å². The Kier molecular flexibility index (Phi) is 7.47. The number of hydrogen-bond acceptors (Lipinski definition) is 8.